The van der Waals surface area contributed by atoms with E-state index in [1.165, 1.54) is 5.56 Å². The highest BCUT2D eigenvalue weighted by Crippen LogP contribution is 2.40. The number of phenolic OH excluding ortho intramolecular Hbond substituents is 1. The van der Waals surface area contributed by atoms with Crippen molar-refractivity contribution < 1.29 is 9.53 Å². The molecular formula is C16H26O2Si. The zero-order valence-corrected chi connectivity index (χ0v) is 14.2. The van der Waals surface area contributed by atoms with Gasteiger partial charge in [0.15, 0.2) is 0 Å². The molecule has 0 bridgehead atoms. The van der Waals surface area contributed by atoms with E-state index >= 15 is 0 Å². The molecule has 0 saturated heterocycles. The predicted octanol–water partition coefficient (Wildman–Crippen LogP) is 4.09. The smallest absolute Gasteiger partial charge is 0.229 e. The van der Waals surface area contributed by atoms with Gasteiger partial charge >= 0.3 is 0 Å². The van der Waals surface area contributed by atoms with Gasteiger partial charge < -0.3 is 9.53 Å². The van der Waals surface area contributed by atoms with Crippen molar-refractivity contribution in [3.8, 4) is 11.5 Å². The Morgan fingerprint density at radius 2 is 1.95 bits per heavy atom. The molecule has 3 heteroatoms. The molecule has 2 nitrogen and oxygen atoms in total. The fourth-order valence-corrected chi connectivity index (χ4v) is 3.19. The average molecular weight is 278 g/mol. The van der Waals surface area contributed by atoms with E-state index in [1.807, 2.05) is 6.08 Å². The highest BCUT2D eigenvalue weighted by atomic mass is 28.3. The van der Waals surface area contributed by atoms with Gasteiger partial charge in [-0.1, -0.05) is 26.8 Å². The Morgan fingerprint density at radius 1 is 1.37 bits per heavy atom. The summed E-state index contributed by atoms with van der Waals surface area (Å²) < 4.78 is 6.02. The Kier molecular flexibility index (Phi) is 4.85. The van der Waals surface area contributed by atoms with Gasteiger partial charge in [-0.05, 0) is 37.4 Å². The predicted molar refractivity (Wildman–Crippen MR) is 84.9 cm³/mol. The minimum atomic E-state index is -1.20. The molecule has 0 fully saturated rings. The van der Waals surface area contributed by atoms with E-state index in [0.717, 1.165) is 16.9 Å². The Labute approximate surface area is 118 Å². The third-order valence-electron chi connectivity index (χ3n) is 3.11. The van der Waals surface area contributed by atoms with Gasteiger partial charge in [0, 0.05) is 17.2 Å². The zero-order valence-electron chi connectivity index (χ0n) is 13.0. The van der Waals surface area contributed by atoms with Crippen LogP contribution in [0.5, 0.6) is 11.5 Å². The topological polar surface area (TPSA) is 29.5 Å². The molecular weight excluding hydrogens is 252 g/mol. The molecule has 0 aromatic heterocycles. The van der Waals surface area contributed by atoms with Crippen molar-refractivity contribution in [3.63, 3.8) is 0 Å². The number of hydrogen-bond acceptors (Lipinski definition) is 2. The van der Waals surface area contributed by atoms with Crippen molar-refractivity contribution in [3.05, 3.63) is 35.4 Å². The molecule has 1 aromatic carbocycles. The quantitative estimate of drug-likeness (QED) is 0.664. The molecule has 0 atom stereocenters. The molecule has 0 amide bonds. The van der Waals surface area contributed by atoms with Gasteiger partial charge in [-0.25, -0.2) is 0 Å². The standard InChI is InChI=1S/C16H26O2Si/c1-8-9-12-11(2)15(16(3,4)5)14(10-13(12)17)18-19(6)7/h8,10,17,19H,1,9H2,2-7H3. The van der Waals surface area contributed by atoms with Crippen LogP contribution in [0.3, 0.4) is 0 Å². The highest BCUT2D eigenvalue weighted by Gasteiger charge is 2.25. The molecule has 1 rings (SSSR count). The molecule has 1 aromatic rings. The second-order valence-electron chi connectivity index (χ2n) is 6.28. The summed E-state index contributed by atoms with van der Waals surface area (Å²) in [6.45, 7) is 16.6. The number of aromatic hydroxyl groups is 1. The van der Waals surface area contributed by atoms with Gasteiger partial charge in [0.2, 0.25) is 9.04 Å². The van der Waals surface area contributed by atoms with Crippen LogP contribution < -0.4 is 4.43 Å². The van der Waals surface area contributed by atoms with Crippen LogP contribution in [0.2, 0.25) is 13.1 Å². The first-order valence-electron chi connectivity index (χ1n) is 6.82. The summed E-state index contributed by atoms with van der Waals surface area (Å²) in [5, 5.41) is 10.2. The number of hydrogen-bond donors (Lipinski definition) is 1. The van der Waals surface area contributed by atoms with Crippen molar-refractivity contribution in [1.82, 2.24) is 0 Å². The van der Waals surface area contributed by atoms with Crippen molar-refractivity contribution in [2.75, 3.05) is 0 Å². The zero-order chi connectivity index (χ0) is 14.8. The summed E-state index contributed by atoms with van der Waals surface area (Å²) in [5.74, 6) is 1.16. The Hall–Kier alpha value is -1.22. The lowest BCUT2D eigenvalue weighted by molar-refractivity contribution is 0.457. The monoisotopic (exact) mass is 278 g/mol. The van der Waals surface area contributed by atoms with Crippen LogP contribution >= 0.6 is 0 Å². The fraction of sp³-hybridized carbons (Fsp3) is 0.500. The van der Waals surface area contributed by atoms with E-state index in [1.54, 1.807) is 6.07 Å². The summed E-state index contributed by atoms with van der Waals surface area (Å²) in [6, 6.07) is 1.78. The van der Waals surface area contributed by atoms with Gasteiger partial charge in [0.05, 0.1) is 0 Å². The molecule has 0 spiro atoms. The maximum Gasteiger partial charge on any atom is 0.229 e. The van der Waals surface area contributed by atoms with Crippen molar-refractivity contribution in [2.45, 2.75) is 52.6 Å². The molecule has 0 aliphatic carbocycles. The van der Waals surface area contributed by atoms with E-state index in [4.69, 9.17) is 4.43 Å². The molecule has 0 aliphatic rings. The number of rotatable bonds is 4. The summed E-state index contributed by atoms with van der Waals surface area (Å²) in [4.78, 5) is 0. The van der Waals surface area contributed by atoms with Gasteiger partial charge in [-0.3, -0.25) is 0 Å². The summed E-state index contributed by atoms with van der Waals surface area (Å²) in [6.07, 6.45) is 2.51. The number of phenols is 1. The van der Waals surface area contributed by atoms with Crippen molar-refractivity contribution in [2.24, 2.45) is 0 Å². The minimum absolute atomic E-state index is 0.00761. The summed E-state index contributed by atoms with van der Waals surface area (Å²) in [5.41, 5.74) is 3.27. The summed E-state index contributed by atoms with van der Waals surface area (Å²) >= 11 is 0. The van der Waals surface area contributed by atoms with Crippen molar-refractivity contribution in [1.29, 1.82) is 0 Å². The second-order valence-corrected chi connectivity index (χ2v) is 8.61. The normalized spacial score (nSPS) is 11.7. The molecule has 0 aliphatic heterocycles. The van der Waals surface area contributed by atoms with E-state index < -0.39 is 9.04 Å². The number of allylic oxidation sites excluding steroid dienone is 1. The first kappa shape index (κ1) is 15.8. The summed E-state index contributed by atoms with van der Waals surface area (Å²) in [7, 11) is -1.20. The molecule has 19 heavy (non-hydrogen) atoms. The molecule has 0 radical (unpaired) electrons. The lowest BCUT2D eigenvalue weighted by Gasteiger charge is -2.28. The van der Waals surface area contributed by atoms with E-state index in [9.17, 15) is 5.11 Å². The van der Waals surface area contributed by atoms with E-state index in [-0.39, 0.29) is 5.41 Å². The van der Waals surface area contributed by atoms with Gasteiger partial charge in [-0.2, -0.15) is 0 Å². The molecule has 0 unspecified atom stereocenters. The largest absolute Gasteiger partial charge is 0.547 e. The third kappa shape index (κ3) is 3.63. The minimum Gasteiger partial charge on any atom is -0.547 e. The van der Waals surface area contributed by atoms with Crippen LogP contribution in [-0.2, 0) is 11.8 Å². The Morgan fingerprint density at radius 3 is 2.37 bits per heavy atom. The van der Waals surface area contributed by atoms with Gasteiger partial charge in [-0.15, -0.1) is 6.58 Å². The third-order valence-corrected chi connectivity index (χ3v) is 3.84. The van der Waals surface area contributed by atoms with Gasteiger partial charge in [0.25, 0.3) is 0 Å². The lowest BCUT2D eigenvalue weighted by atomic mass is 9.81. The van der Waals surface area contributed by atoms with Crippen molar-refractivity contribution >= 4 is 9.04 Å². The van der Waals surface area contributed by atoms with Crippen LogP contribution in [0.25, 0.3) is 0 Å². The lowest BCUT2D eigenvalue weighted by Crippen LogP contribution is -2.20. The van der Waals surface area contributed by atoms with E-state index in [2.05, 4.69) is 47.4 Å². The van der Waals surface area contributed by atoms with Crippen LogP contribution in [0.1, 0.15) is 37.5 Å². The fourth-order valence-electron chi connectivity index (χ4n) is 2.49. The van der Waals surface area contributed by atoms with Crippen LogP contribution in [0.15, 0.2) is 18.7 Å². The molecule has 1 N–H and O–H groups in total. The van der Waals surface area contributed by atoms with E-state index in [0.29, 0.717) is 12.2 Å². The van der Waals surface area contributed by atoms with Crippen LogP contribution in [0, 0.1) is 6.92 Å². The second kappa shape index (κ2) is 5.82. The first-order valence-corrected chi connectivity index (χ1v) is 9.60. The first-order chi connectivity index (χ1) is 8.68. The Bertz CT molecular complexity index is 471. The van der Waals surface area contributed by atoms with Gasteiger partial charge in [0.1, 0.15) is 11.5 Å². The SMILES string of the molecule is C=CCc1c(O)cc(O[SiH](C)C)c(C(C)(C)C)c1C. The van der Waals surface area contributed by atoms with Crippen LogP contribution in [-0.4, -0.2) is 14.1 Å². The maximum atomic E-state index is 10.2. The number of benzene rings is 1. The molecule has 106 valence electrons. The average Bonchev–Trinajstić information content (AvgIpc) is 2.20. The highest BCUT2D eigenvalue weighted by molar-refractivity contribution is 6.49. The Balaban J connectivity index is 3.52. The molecule has 0 heterocycles. The van der Waals surface area contributed by atoms with Crippen LogP contribution in [0.4, 0.5) is 0 Å². The molecule has 0 saturated carbocycles. The maximum absolute atomic E-state index is 10.2.